The van der Waals surface area contributed by atoms with Crippen LogP contribution in [0.25, 0.3) is 0 Å². The molecule has 0 saturated carbocycles. The number of benzene rings is 2. The first-order valence-electron chi connectivity index (χ1n) is 10.3. The number of methoxy groups -OCH3 is 1. The molecule has 0 aliphatic rings. The van der Waals surface area contributed by atoms with Crippen molar-refractivity contribution in [3.8, 4) is 11.5 Å². The van der Waals surface area contributed by atoms with Gasteiger partial charge in [0.05, 0.1) is 23.5 Å². The topological polar surface area (TPSA) is 96.0 Å². The summed E-state index contributed by atoms with van der Waals surface area (Å²) in [6, 6.07) is 8.88. The molecule has 2 aromatic rings. The van der Waals surface area contributed by atoms with Crippen LogP contribution < -0.4 is 9.47 Å². The lowest BCUT2D eigenvalue weighted by molar-refractivity contribution is -0.142. The quantitative estimate of drug-likeness (QED) is 0.260. The number of carbonyl (C=O) groups is 2. The standard InChI is InChI=1S/C25H28O7S/c1-6-12-31-18-15-21(20(8-3)25(27)30-4)23(22(16-18)32-13-7-2)24(26)17-10-9-11-19(14-17)33(5,28)29/h6-7,9-11,14-16,20H,1-2,8,12-13H2,3-5H3. The molecule has 8 heteroatoms. The number of ether oxygens (including phenoxy) is 3. The van der Waals surface area contributed by atoms with Crippen LogP contribution in [-0.4, -0.2) is 46.7 Å². The molecule has 0 N–H and O–H groups in total. The van der Waals surface area contributed by atoms with E-state index in [4.69, 9.17) is 14.2 Å². The van der Waals surface area contributed by atoms with Gasteiger partial charge in [-0.2, -0.15) is 0 Å². The van der Waals surface area contributed by atoms with Crippen molar-refractivity contribution in [3.63, 3.8) is 0 Å². The minimum absolute atomic E-state index is 0.00871. The van der Waals surface area contributed by atoms with Gasteiger partial charge < -0.3 is 14.2 Å². The monoisotopic (exact) mass is 472 g/mol. The number of hydrogen-bond donors (Lipinski definition) is 0. The van der Waals surface area contributed by atoms with Crippen molar-refractivity contribution in [2.75, 3.05) is 26.6 Å². The van der Waals surface area contributed by atoms with Gasteiger partial charge in [0.2, 0.25) is 0 Å². The number of rotatable bonds is 12. The van der Waals surface area contributed by atoms with Crippen molar-refractivity contribution in [1.29, 1.82) is 0 Å². The summed E-state index contributed by atoms with van der Waals surface area (Å²) in [5, 5.41) is 0. The Morgan fingerprint density at radius 3 is 2.30 bits per heavy atom. The maximum Gasteiger partial charge on any atom is 0.313 e. The van der Waals surface area contributed by atoms with E-state index in [-0.39, 0.29) is 35.0 Å². The van der Waals surface area contributed by atoms with Crippen LogP contribution in [0, 0.1) is 0 Å². The van der Waals surface area contributed by atoms with Gasteiger partial charge in [0.25, 0.3) is 0 Å². The summed E-state index contributed by atoms with van der Waals surface area (Å²) in [6.07, 6.45) is 4.50. The predicted octanol–water partition coefficient (Wildman–Crippen LogP) is 4.12. The van der Waals surface area contributed by atoms with E-state index in [0.29, 0.717) is 17.7 Å². The van der Waals surface area contributed by atoms with Crippen LogP contribution in [0.1, 0.15) is 40.7 Å². The highest BCUT2D eigenvalue weighted by molar-refractivity contribution is 7.90. The van der Waals surface area contributed by atoms with Gasteiger partial charge in [-0.25, -0.2) is 8.42 Å². The Labute approximate surface area is 194 Å². The highest BCUT2D eigenvalue weighted by Crippen LogP contribution is 2.37. The molecular weight excluding hydrogens is 444 g/mol. The highest BCUT2D eigenvalue weighted by atomic mass is 32.2. The van der Waals surface area contributed by atoms with Crippen LogP contribution in [0.15, 0.2) is 66.6 Å². The molecule has 0 spiro atoms. The molecule has 0 bridgehead atoms. The Morgan fingerprint density at radius 1 is 1.06 bits per heavy atom. The zero-order chi connectivity index (χ0) is 24.6. The van der Waals surface area contributed by atoms with Crippen molar-refractivity contribution in [3.05, 3.63) is 78.4 Å². The lowest BCUT2D eigenvalue weighted by Gasteiger charge is -2.21. The third-order valence-electron chi connectivity index (χ3n) is 4.85. The van der Waals surface area contributed by atoms with E-state index in [0.717, 1.165) is 6.26 Å². The molecule has 7 nitrogen and oxygen atoms in total. The predicted molar refractivity (Wildman–Crippen MR) is 126 cm³/mol. The lowest BCUT2D eigenvalue weighted by atomic mass is 9.87. The minimum atomic E-state index is -3.53. The van der Waals surface area contributed by atoms with Gasteiger partial charge >= 0.3 is 5.97 Å². The average Bonchev–Trinajstić information content (AvgIpc) is 2.80. The van der Waals surface area contributed by atoms with Gasteiger partial charge in [0.15, 0.2) is 15.6 Å². The molecule has 2 rings (SSSR count). The number of carbonyl (C=O) groups excluding carboxylic acids is 2. The first-order valence-corrected chi connectivity index (χ1v) is 12.1. The Bertz CT molecular complexity index is 1150. The fraction of sp³-hybridized carbons (Fsp3) is 0.280. The molecule has 0 aliphatic carbocycles. The zero-order valence-corrected chi connectivity index (χ0v) is 19.8. The van der Waals surface area contributed by atoms with E-state index in [2.05, 4.69) is 13.2 Å². The lowest BCUT2D eigenvalue weighted by Crippen LogP contribution is -2.19. The molecule has 0 fully saturated rings. The smallest absolute Gasteiger partial charge is 0.313 e. The molecule has 0 aromatic heterocycles. The van der Waals surface area contributed by atoms with Crippen LogP contribution in [0.2, 0.25) is 0 Å². The van der Waals surface area contributed by atoms with Gasteiger partial charge in [0.1, 0.15) is 24.7 Å². The summed E-state index contributed by atoms with van der Waals surface area (Å²) in [6.45, 7) is 9.37. The summed E-state index contributed by atoms with van der Waals surface area (Å²) in [5.41, 5.74) is 0.632. The molecule has 1 atom stereocenters. The zero-order valence-electron chi connectivity index (χ0n) is 19.0. The molecule has 0 amide bonds. The second kappa shape index (κ2) is 11.5. The first-order chi connectivity index (χ1) is 15.7. The third-order valence-corrected chi connectivity index (χ3v) is 5.96. The molecule has 176 valence electrons. The van der Waals surface area contributed by atoms with Gasteiger partial charge in [-0.15, -0.1) is 0 Å². The van der Waals surface area contributed by atoms with E-state index in [1.165, 1.54) is 37.5 Å². The van der Waals surface area contributed by atoms with Crippen molar-refractivity contribution in [1.82, 2.24) is 0 Å². The second-order valence-corrected chi connectivity index (χ2v) is 9.21. The van der Waals surface area contributed by atoms with Gasteiger partial charge in [-0.3, -0.25) is 9.59 Å². The summed E-state index contributed by atoms with van der Waals surface area (Å²) < 4.78 is 40.4. The summed E-state index contributed by atoms with van der Waals surface area (Å²) >= 11 is 0. The Kier molecular flexibility index (Phi) is 8.99. The summed E-state index contributed by atoms with van der Waals surface area (Å²) in [7, 11) is -2.26. The number of sulfone groups is 1. The van der Waals surface area contributed by atoms with Crippen LogP contribution in [-0.2, 0) is 19.4 Å². The molecule has 1 unspecified atom stereocenters. The fourth-order valence-electron chi connectivity index (χ4n) is 3.30. The van der Waals surface area contributed by atoms with Crippen LogP contribution in [0.4, 0.5) is 0 Å². The van der Waals surface area contributed by atoms with Crippen LogP contribution in [0.5, 0.6) is 11.5 Å². The Balaban J connectivity index is 2.80. The number of esters is 1. The minimum Gasteiger partial charge on any atom is -0.489 e. The van der Waals surface area contributed by atoms with Crippen molar-refractivity contribution < 1.29 is 32.2 Å². The molecule has 0 saturated heterocycles. The SMILES string of the molecule is C=CCOc1cc(OCC=C)c(C(=O)c2cccc(S(C)(=O)=O)c2)c(C(CC)C(=O)OC)c1. The van der Waals surface area contributed by atoms with Gasteiger partial charge in [0, 0.05) is 17.9 Å². The average molecular weight is 473 g/mol. The van der Waals surface area contributed by atoms with Gasteiger partial charge in [-0.05, 0) is 30.2 Å². The molecular formula is C25H28O7S. The Morgan fingerprint density at radius 2 is 1.73 bits per heavy atom. The fourth-order valence-corrected chi connectivity index (χ4v) is 3.96. The number of ketones is 1. The third kappa shape index (κ3) is 6.32. The highest BCUT2D eigenvalue weighted by Gasteiger charge is 2.30. The number of hydrogen-bond acceptors (Lipinski definition) is 7. The van der Waals surface area contributed by atoms with Gasteiger partial charge in [-0.1, -0.05) is 44.4 Å². The van der Waals surface area contributed by atoms with Crippen molar-refractivity contribution >= 4 is 21.6 Å². The molecule has 0 radical (unpaired) electrons. The van der Waals surface area contributed by atoms with E-state index >= 15 is 0 Å². The Hall–Kier alpha value is -3.39. The first kappa shape index (κ1) is 25.9. The van der Waals surface area contributed by atoms with Crippen LogP contribution in [0.3, 0.4) is 0 Å². The van der Waals surface area contributed by atoms with Crippen LogP contribution >= 0.6 is 0 Å². The molecule has 0 heterocycles. The molecule has 0 aliphatic heterocycles. The second-order valence-electron chi connectivity index (χ2n) is 7.20. The van der Waals surface area contributed by atoms with E-state index < -0.39 is 27.5 Å². The van der Waals surface area contributed by atoms with Crippen molar-refractivity contribution in [2.45, 2.75) is 24.2 Å². The maximum absolute atomic E-state index is 13.7. The molecule has 2 aromatic carbocycles. The maximum atomic E-state index is 13.7. The van der Waals surface area contributed by atoms with E-state index in [1.807, 2.05) is 0 Å². The normalized spacial score (nSPS) is 11.8. The van der Waals surface area contributed by atoms with E-state index in [1.54, 1.807) is 25.1 Å². The summed E-state index contributed by atoms with van der Waals surface area (Å²) in [4.78, 5) is 26.3. The van der Waals surface area contributed by atoms with Crippen molar-refractivity contribution in [2.24, 2.45) is 0 Å². The summed E-state index contributed by atoms with van der Waals surface area (Å²) in [5.74, 6) is -1.22. The molecule has 33 heavy (non-hydrogen) atoms. The largest absolute Gasteiger partial charge is 0.489 e. The van der Waals surface area contributed by atoms with E-state index in [9.17, 15) is 18.0 Å².